The van der Waals surface area contributed by atoms with E-state index in [0.717, 1.165) is 24.8 Å². The maximum Gasteiger partial charge on any atom is 0.258 e. The molecule has 0 saturated heterocycles. The van der Waals surface area contributed by atoms with Gasteiger partial charge in [-0.2, -0.15) is 0 Å². The van der Waals surface area contributed by atoms with Crippen molar-refractivity contribution in [1.29, 1.82) is 0 Å². The van der Waals surface area contributed by atoms with E-state index >= 15 is 0 Å². The molecule has 1 aliphatic carbocycles. The van der Waals surface area contributed by atoms with E-state index in [1.807, 2.05) is 0 Å². The Balaban J connectivity index is 1.68. The summed E-state index contributed by atoms with van der Waals surface area (Å²) >= 11 is 13.5. The molecule has 0 saturated carbocycles. The Morgan fingerprint density at radius 2 is 1.70 bits per heavy atom. The van der Waals surface area contributed by atoms with Crippen LogP contribution >= 0.6 is 34.5 Å². The Bertz CT molecular complexity index is 1200. The van der Waals surface area contributed by atoms with Crippen LogP contribution in [0.4, 0.5) is 10.7 Å². The molecule has 4 nitrogen and oxygen atoms in total. The van der Waals surface area contributed by atoms with Crippen LogP contribution in [0.2, 0.25) is 10.0 Å². The Labute approximate surface area is 208 Å². The molecule has 2 amide bonds. The first-order chi connectivity index (χ1) is 15.6. The first-order valence-corrected chi connectivity index (χ1v) is 12.5. The van der Waals surface area contributed by atoms with Crippen LogP contribution < -0.4 is 10.6 Å². The second-order valence-electron chi connectivity index (χ2n) is 9.44. The van der Waals surface area contributed by atoms with Gasteiger partial charge in [-0.25, -0.2) is 0 Å². The Morgan fingerprint density at radius 3 is 2.36 bits per heavy atom. The Hall–Kier alpha value is -2.34. The van der Waals surface area contributed by atoms with Crippen molar-refractivity contribution in [2.45, 2.75) is 40.0 Å². The van der Waals surface area contributed by atoms with Crippen LogP contribution in [0.3, 0.4) is 0 Å². The standard InChI is InChI=1S/C26H26Cl2N2O2S/c1-26(2,3)16-7-12-20-21(14-16)33-25(30-23(31)15-5-4-6-18(28)13-15)22(20)24(32)29-19-10-8-17(27)9-11-19/h4-6,8-11,13,16H,7,12,14H2,1-3H3,(H,29,32)(H,30,31)/t16-/m1/s1. The number of amides is 2. The first-order valence-electron chi connectivity index (χ1n) is 10.9. The van der Waals surface area contributed by atoms with Crippen molar-refractivity contribution in [2.75, 3.05) is 10.6 Å². The number of hydrogen-bond acceptors (Lipinski definition) is 3. The minimum atomic E-state index is -0.288. The predicted molar refractivity (Wildman–Crippen MR) is 138 cm³/mol. The number of halogens is 2. The highest BCUT2D eigenvalue weighted by Gasteiger charge is 2.34. The van der Waals surface area contributed by atoms with Crippen LogP contribution in [0, 0.1) is 11.3 Å². The van der Waals surface area contributed by atoms with E-state index in [0.29, 0.717) is 37.8 Å². The highest BCUT2D eigenvalue weighted by molar-refractivity contribution is 7.17. The van der Waals surface area contributed by atoms with Crippen molar-refractivity contribution >= 4 is 57.0 Å². The molecular formula is C26H26Cl2N2O2S. The third-order valence-corrected chi connectivity index (χ3v) is 7.79. The highest BCUT2D eigenvalue weighted by atomic mass is 35.5. The van der Waals surface area contributed by atoms with Gasteiger partial charge in [0.05, 0.1) is 5.56 Å². The highest BCUT2D eigenvalue weighted by Crippen LogP contribution is 2.44. The third kappa shape index (κ3) is 5.43. The zero-order chi connectivity index (χ0) is 23.8. The number of nitrogens with one attached hydrogen (secondary N) is 2. The van der Waals surface area contributed by atoms with E-state index in [4.69, 9.17) is 23.2 Å². The molecule has 4 rings (SSSR count). The quantitative estimate of drug-likeness (QED) is 0.385. The van der Waals surface area contributed by atoms with Gasteiger partial charge in [-0.15, -0.1) is 11.3 Å². The molecule has 172 valence electrons. The second kappa shape index (κ2) is 9.49. The van der Waals surface area contributed by atoms with E-state index in [1.165, 1.54) is 16.2 Å². The number of hydrogen-bond donors (Lipinski definition) is 2. The molecule has 2 N–H and O–H groups in total. The summed E-state index contributed by atoms with van der Waals surface area (Å²) in [5.74, 6) is 0.00162. The van der Waals surface area contributed by atoms with Gasteiger partial charge in [-0.3, -0.25) is 9.59 Å². The van der Waals surface area contributed by atoms with Gasteiger partial charge in [-0.05, 0) is 78.6 Å². The molecule has 0 spiro atoms. The van der Waals surface area contributed by atoms with Gasteiger partial charge in [0.2, 0.25) is 0 Å². The average molecular weight is 501 g/mol. The Morgan fingerprint density at radius 1 is 0.970 bits per heavy atom. The van der Waals surface area contributed by atoms with Crippen LogP contribution in [-0.4, -0.2) is 11.8 Å². The number of benzene rings is 2. The Kier molecular flexibility index (Phi) is 6.85. The SMILES string of the molecule is CC(C)(C)[C@@H]1CCc2c(sc(NC(=O)c3cccc(Cl)c3)c2C(=O)Nc2ccc(Cl)cc2)C1. The molecule has 0 fully saturated rings. The second-order valence-corrected chi connectivity index (χ2v) is 11.4. The largest absolute Gasteiger partial charge is 0.322 e. The summed E-state index contributed by atoms with van der Waals surface area (Å²) < 4.78 is 0. The molecular weight excluding hydrogens is 475 g/mol. The normalized spacial score (nSPS) is 15.6. The fraction of sp³-hybridized carbons (Fsp3) is 0.308. The summed E-state index contributed by atoms with van der Waals surface area (Å²) in [7, 11) is 0. The molecule has 1 atom stereocenters. The zero-order valence-corrected chi connectivity index (χ0v) is 21.1. The molecule has 2 aromatic carbocycles. The summed E-state index contributed by atoms with van der Waals surface area (Å²) in [4.78, 5) is 27.5. The van der Waals surface area contributed by atoms with Gasteiger partial charge in [0.25, 0.3) is 11.8 Å². The lowest BCUT2D eigenvalue weighted by Gasteiger charge is -2.33. The first kappa shape index (κ1) is 23.8. The third-order valence-electron chi connectivity index (χ3n) is 6.13. The van der Waals surface area contributed by atoms with Crippen LogP contribution in [0.25, 0.3) is 0 Å². The summed E-state index contributed by atoms with van der Waals surface area (Å²) in [5, 5.41) is 7.61. The summed E-state index contributed by atoms with van der Waals surface area (Å²) in [6, 6.07) is 13.8. The van der Waals surface area contributed by atoms with Crippen LogP contribution in [0.15, 0.2) is 48.5 Å². The fourth-order valence-corrected chi connectivity index (χ4v) is 5.82. The number of rotatable bonds is 4. The lowest BCUT2D eigenvalue weighted by molar-refractivity contribution is 0.102. The maximum atomic E-state index is 13.4. The average Bonchev–Trinajstić information content (AvgIpc) is 3.11. The van der Waals surface area contributed by atoms with Gasteiger partial charge >= 0.3 is 0 Å². The fourth-order valence-electron chi connectivity index (χ4n) is 4.19. The maximum absolute atomic E-state index is 13.4. The van der Waals surface area contributed by atoms with Gasteiger partial charge in [0.1, 0.15) is 5.00 Å². The minimum absolute atomic E-state index is 0.178. The van der Waals surface area contributed by atoms with Crippen molar-refractivity contribution in [3.8, 4) is 0 Å². The van der Waals surface area contributed by atoms with Gasteiger partial charge < -0.3 is 10.6 Å². The molecule has 0 radical (unpaired) electrons. The molecule has 1 aromatic heterocycles. The molecule has 0 unspecified atom stereocenters. The molecule has 33 heavy (non-hydrogen) atoms. The summed E-state index contributed by atoms with van der Waals surface area (Å²) in [6.07, 6.45) is 2.72. The van der Waals surface area contributed by atoms with Crippen LogP contribution in [-0.2, 0) is 12.8 Å². The summed E-state index contributed by atoms with van der Waals surface area (Å²) in [6.45, 7) is 6.77. The number of thiophene rings is 1. The topological polar surface area (TPSA) is 58.2 Å². The predicted octanol–water partition coefficient (Wildman–Crippen LogP) is 7.71. The number of fused-ring (bicyclic) bond motifs is 1. The molecule has 0 bridgehead atoms. The van der Waals surface area contributed by atoms with Crippen molar-refractivity contribution in [3.05, 3.63) is 80.1 Å². The number of carbonyl (C=O) groups excluding carboxylic acids is 2. The van der Waals surface area contributed by atoms with E-state index in [9.17, 15) is 9.59 Å². The van der Waals surface area contributed by atoms with Crippen molar-refractivity contribution < 1.29 is 9.59 Å². The summed E-state index contributed by atoms with van der Waals surface area (Å²) in [5.41, 5.74) is 2.86. The van der Waals surface area contributed by atoms with Crippen molar-refractivity contribution in [1.82, 2.24) is 0 Å². The van der Waals surface area contributed by atoms with Gasteiger partial charge in [-0.1, -0.05) is 50.0 Å². The van der Waals surface area contributed by atoms with Crippen LogP contribution in [0.5, 0.6) is 0 Å². The number of carbonyl (C=O) groups is 2. The molecule has 3 aromatic rings. The monoisotopic (exact) mass is 500 g/mol. The van der Waals surface area contributed by atoms with E-state index in [-0.39, 0.29) is 17.2 Å². The van der Waals surface area contributed by atoms with Crippen molar-refractivity contribution in [3.63, 3.8) is 0 Å². The zero-order valence-electron chi connectivity index (χ0n) is 18.8. The number of anilines is 2. The lowest BCUT2D eigenvalue weighted by atomic mass is 9.72. The van der Waals surface area contributed by atoms with Gasteiger partial charge in [0, 0.05) is 26.2 Å². The molecule has 0 aliphatic heterocycles. The van der Waals surface area contributed by atoms with Crippen molar-refractivity contribution in [2.24, 2.45) is 11.3 Å². The van der Waals surface area contributed by atoms with Crippen LogP contribution in [0.1, 0.15) is 58.3 Å². The molecule has 7 heteroatoms. The van der Waals surface area contributed by atoms with E-state index < -0.39 is 0 Å². The smallest absolute Gasteiger partial charge is 0.258 e. The minimum Gasteiger partial charge on any atom is -0.322 e. The molecule has 1 heterocycles. The lowest BCUT2D eigenvalue weighted by Crippen LogP contribution is -2.27. The van der Waals surface area contributed by atoms with E-state index in [2.05, 4.69) is 31.4 Å². The van der Waals surface area contributed by atoms with Gasteiger partial charge in [0.15, 0.2) is 0 Å². The molecule has 1 aliphatic rings. The van der Waals surface area contributed by atoms with E-state index in [1.54, 1.807) is 48.5 Å².